The second-order valence-corrected chi connectivity index (χ2v) is 4.80. The van der Waals surface area contributed by atoms with Crippen LogP contribution in [0, 0.1) is 5.92 Å². The van der Waals surface area contributed by atoms with E-state index in [-0.39, 0.29) is 0 Å². The first-order valence-corrected chi connectivity index (χ1v) is 5.91. The Kier molecular flexibility index (Phi) is 5.25. The zero-order chi connectivity index (χ0) is 13.8. The lowest BCUT2D eigenvalue weighted by Gasteiger charge is -2.31. The first kappa shape index (κ1) is 15.1. The van der Waals surface area contributed by atoms with Crippen molar-refractivity contribution in [2.24, 2.45) is 5.92 Å². The molecule has 0 aromatic rings. The van der Waals surface area contributed by atoms with Crippen molar-refractivity contribution in [3.05, 3.63) is 0 Å². The largest absolute Gasteiger partial charge is 0.440 e. The highest BCUT2D eigenvalue weighted by atomic mass is 19.4. The van der Waals surface area contributed by atoms with Crippen LogP contribution in [-0.2, 0) is 4.74 Å². The van der Waals surface area contributed by atoms with Crippen molar-refractivity contribution in [3.63, 3.8) is 0 Å². The molecule has 0 unspecified atom stereocenters. The Morgan fingerprint density at radius 3 is 2.44 bits per heavy atom. The fourth-order valence-electron chi connectivity index (χ4n) is 1.96. The van der Waals surface area contributed by atoms with Gasteiger partial charge in [0.25, 0.3) is 0 Å². The van der Waals surface area contributed by atoms with Crippen LogP contribution in [0.25, 0.3) is 0 Å². The van der Waals surface area contributed by atoms with Gasteiger partial charge in [0, 0.05) is 13.6 Å². The summed E-state index contributed by atoms with van der Waals surface area (Å²) in [6.45, 7) is 0.834. The van der Waals surface area contributed by atoms with Crippen molar-refractivity contribution in [2.45, 2.75) is 19.0 Å². The summed E-state index contributed by atoms with van der Waals surface area (Å²) in [5.41, 5.74) is 0. The number of likely N-dealkylation sites (tertiary alicyclic amines) is 1. The molecule has 106 valence electrons. The summed E-state index contributed by atoms with van der Waals surface area (Å²) in [4.78, 5) is 14.7. The molecule has 0 spiro atoms. The molecular weight excluding hydrogens is 249 g/mol. The highest BCUT2D eigenvalue weighted by Crippen LogP contribution is 2.18. The monoisotopic (exact) mass is 268 g/mol. The van der Waals surface area contributed by atoms with E-state index in [9.17, 15) is 18.0 Å². The van der Waals surface area contributed by atoms with Gasteiger partial charge < -0.3 is 14.5 Å². The molecular formula is C11H19F3N2O2. The minimum Gasteiger partial charge on any atom is -0.440 e. The van der Waals surface area contributed by atoms with Crippen molar-refractivity contribution in [3.8, 4) is 0 Å². The maximum atomic E-state index is 11.9. The Labute approximate surface area is 105 Å². The van der Waals surface area contributed by atoms with Crippen molar-refractivity contribution in [1.29, 1.82) is 0 Å². The van der Waals surface area contributed by atoms with Gasteiger partial charge in [0.1, 0.15) is 0 Å². The van der Waals surface area contributed by atoms with Gasteiger partial charge in [-0.3, -0.25) is 0 Å². The molecule has 0 aromatic heterocycles. The highest BCUT2D eigenvalue weighted by Gasteiger charge is 2.30. The molecule has 0 N–H and O–H groups in total. The lowest BCUT2D eigenvalue weighted by molar-refractivity contribution is -0.162. The van der Waals surface area contributed by atoms with E-state index in [1.165, 1.54) is 11.9 Å². The smallest absolute Gasteiger partial charge is 0.422 e. The van der Waals surface area contributed by atoms with Crippen LogP contribution in [0.3, 0.4) is 0 Å². The Bertz CT molecular complexity index is 276. The third-order valence-electron chi connectivity index (χ3n) is 3.04. The summed E-state index contributed by atoms with van der Waals surface area (Å²) in [5, 5.41) is 0. The van der Waals surface area contributed by atoms with Gasteiger partial charge >= 0.3 is 12.3 Å². The predicted octanol–water partition coefficient (Wildman–Crippen LogP) is 1.96. The quantitative estimate of drug-likeness (QED) is 0.784. The predicted molar refractivity (Wildman–Crippen MR) is 60.3 cm³/mol. The van der Waals surface area contributed by atoms with E-state index in [0.29, 0.717) is 12.5 Å². The van der Waals surface area contributed by atoms with E-state index in [0.717, 1.165) is 25.9 Å². The average Bonchev–Trinajstić information content (AvgIpc) is 2.28. The van der Waals surface area contributed by atoms with Crippen molar-refractivity contribution >= 4 is 6.09 Å². The van der Waals surface area contributed by atoms with Gasteiger partial charge in [-0.05, 0) is 38.9 Å². The van der Waals surface area contributed by atoms with Crippen molar-refractivity contribution in [1.82, 2.24) is 9.80 Å². The number of alkyl halides is 3. The van der Waals surface area contributed by atoms with Crippen molar-refractivity contribution < 1.29 is 22.7 Å². The molecule has 18 heavy (non-hydrogen) atoms. The van der Waals surface area contributed by atoms with Crippen LogP contribution in [0.15, 0.2) is 0 Å². The number of nitrogens with zero attached hydrogens (tertiary/aromatic N) is 2. The van der Waals surface area contributed by atoms with Gasteiger partial charge in [-0.2, -0.15) is 13.2 Å². The summed E-state index contributed by atoms with van der Waals surface area (Å²) in [5.74, 6) is 0.338. The SMILES string of the molecule is CN1CCC(CN(C)C(=O)OCC(F)(F)F)CC1. The second-order valence-electron chi connectivity index (χ2n) is 4.80. The third kappa shape index (κ3) is 5.57. The first-order valence-electron chi connectivity index (χ1n) is 5.91. The van der Waals surface area contributed by atoms with Gasteiger partial charge in [0.15, 0.2) is 6.61 Å². The van der Waals surface area contributed by atoms with E-state index in [4.69, 9.17) is 0 Å². The summed E-state index contributed by atoms with van der Waals surface area (Å²) in [6.07, 6.45) is -3.48. The van der Waals surface area contributed by atoms with Crippen LogP contribution in [0.2, 0.25) is 0 Å². The summed E-state index contributed by atoms with van der Waals surface area (Å²) >= 11 is 0. The van der Waals surface area contributed by atoms with E-state index >= 15 is 0 Å². The molecule has 4 nitrogen and oxygen atoms in total. The number of rotatable bonds is 3. The lowest BCUT2D eigenvalue weighted by Crippen LogP contribution is -2.38. The van der Waals surface area contributed by atoms with Crippen molar-refractivity contribution in [2.75, 3.05) is 40.3 Å². The number of hydrogen-bond acceptors (Lipinski definition) is 3. The number of carbonyl (C=O) groups is 1. The number of ether oxygens (including phenoxy) is 1. The van der Waals surface area contributed by atoms with Gasteiger partial charge in [0.2, 0.25) is 0 Å². The van der Waals surface area contributed by atoms with Gasteiger partial charge in [-0.15, -0.1) is 0 Å². The van der Waals surface area contributed by atoms with Gasteiger partial charge in [-0.25, -0.2) is 4.79 Å². The average molecular weight is 268 g/mol. The first-order chi connectivity index (χ1) is 8.28. The molecule has 1 heterocycles. The molecule has 0 aromatic carbocycles. The van der Waals surface area contributed by atoms with E-state index in [2.05, 4.69) is 9.64 Å². The molecule has 1 saturated heterocycles. The summed E-state index contributed by atoms with van der Waals surface area (Å²) in [6, 6.07) is 0. The molecule has 1 amide bonds. The number of carbonyl (C=O) groups excluding carboxylic acids is 1. The second kappa shape index (κ2) is 6.26. The molecule has 1 aliphatic rings. The molecule has 0 saturated carbocycles. The fourth-order valence-corrected chi connectivity index (χ4v) is 1.96. The minimum absolute atomic E-state index is 0.338. The maximum Gasteiger partial charge on any atom is 0.422 e. The fraction of sp³-hybridized carbons (Fsp3) is 0.909. The van der Waals surface area contributed by atoms with E-state index in [1.54, 1.807) is 0 Å². The molecule has 7 heteroatoms. The van der Waals surface area contributed by atoms with Crippen LogP contribution < -0.4 is 0 Å². The minimum atomic E-state index is -4.47. The third-order valence-corrected chi connectivity index (χ3v) is 3.04. The van der Waals surface area contributed by atoms with Crippen LogP contribution in [0.4, 0.5) is 18.0 Å². The standard InChI is InChI=1S/C11H19F3N2O2/c1-15-5-3-9(4-6-15)7-16(2)10(17)18-8-11(12,13)14/h9H,3-8H2,1-2H3. The zero-order valence-electron chi connectivity index (χ0n) is 10.7. The Balaban J connectivity index is 2.27. The Hall–Kier alpha value is -0.980. The van der Waals surface area contributed by atoms with Crippen LogP contribution in [0.1, 0.15) is 12.8 Å². The summed E-state index contributed by atoms with van der Waals surface area (Å²) < 4.78 is 39.8. The number of amides is 1. The lowest BCUT2D eigenvalue weighted by atomic mass is 9.97. The van der Waals surface area contributed by atoms with Crippen LogP contribution in [-0.4, -0.2) is 62.4 Å². The molecule has 0 bridgehead atoms. The number of halogens is 3. The maximum absolute atomic E-state index is 11.9. The van der Waals surface area contributed by atoms with Crippen LogP contribution in [0.5, 0.6) is 0 Å². The van der Waals surface area contributed by atoms with E-state index in [1.807, 2.05) is 7.05 Å². The molecule has 0 atom stereocenters. The molecule has 1 aliphatic heterocycles. The highest BCUT2D eigenvalue weighted by molar-refractivity contribution is 5.67. The van der Waals surface area contributed by atoms with E-state index < -0.39 is 18.9 Å². The molecule has 0 radical (unpaired) electrons. The van der Waals surface area contributed by atoms with Gasteiger partial charge in [0.05, 0.1) is 0 Å². The number of hydrogen-bond donors (Lipinski definition) is 0. The van der Waals surface area contributed by atoms with Crippen LogP contribution >= 0.6 is 0 Å². The molecule has 0 aliphatic carbocycles. The zero-order valence-corrected chi connectivity index (χ0v) is 10.7. The molecule has 1 fully saturated rings. The number of piperidine rings is 1. The summed E-state index contributed by atoms with van der Waals surface area (Å²) in [7, 11) is 3.49. The normalized spacial score (nSPS) is 18.7. The Morgan fingerprint density at radius 1 is 1.39 bits per heavy atom. The Morgan fingerprint density at radius 2 is 1.94 bits per heavy atom. The molecule has 1 rings (SSSR count). The van der Waals surface area contributed by atoms with Gasteiger partial charge in [-0.1, -0.05) is 0 Å². The topological polar surface area (TPSA) is 32.8 Å².